The number of hydrogen-bond donors (Lipinski definition) is 1. The summed E-state index contributed by atoms with van der Waals surface area (Å²) >= 11 is 1.61. The molecule has 2 heterocycles. The second kappa shape index (κ2) is 8.39. The summed E-state index contributed by atoms with van der Waals surface area (Å²) < 4.78 is 24.9. The summed E-state index contributed by atoms with van der Waals surface area (Å²) in [5.74, 6) is 0.338. The zero-order valence-corrected chi connectivity index (χ0v) is 18.0. The Bertz CT molecular complexity index is 916. The lowest BCUT2D eigenvalue weighted by molar-refractivity contribution is -0.114. The Balaban J connectivity index is 1.81. The molecular weight excluding hydrogens is 396 g/mol. The number of sulfonamides is 1. The van der Waals surface area contributed by atoms with Crippen molar-refractivity contribution < 1.29 is 18.0 Å². The minimum absolute atomic E-state index is 0.119. The first kappa shape index (κ1) is 21.1. The summed E-state index contributed by atoms with van der Waals surface area (Å²) in [6.07, 6.45) is 3.65. The molecule has 0 radical (unpaired) electrons. The largest absolute Gasteiger partial charge is 0.326 e. The van der Waals surface area contributed by atoms with Gasteiger partial charge in [-0.1, -0.05) is 12.1 Å². The Morgan fingerprint density at radius 2 is 1.96 bits per heavy atom. The van der Waals surface area contributed by atoms with Crippen LogP contribution >= 0.6 is 11.8 Å². The maximum absolute atomic E-state index is 12.8. The van der Waals surface area contributed by atoms with Crippen LogP contribution in [0.4, 0.5) is 5.69 Å². The molecule has 8 heteroatoms. The molecule has 6 nitrogen and oxygen atoms in total. The van der Waals surface area contributed by atoms with E-state index in [-0.39, 0.29) is 16.9 Å². The van der Waals surface area contributed by atoms with E-state index in [4.69, 9.17) is 0 Å². The van der Waals surface area contributed by atoms with Crippen LogP contribution in [-0.2, 0) is 19.6 Å². The minimum atomic E-state index is -3.14. The van der Waals surface area contributed by atoms with Crippen LogP contribution in [-0.4, -0.2) is 49.0 Å². The number of nitrogens with zero attached hydrogens (tertiary/aromatic N) is 1. The highest BCUT2D eigenvalue weighted by Crippen LogP contribution is 2.44. The van der Waals surface area contributed by atoms with Crippen molar-refractivity contribution in [2.24, 2.45) is 5.92 Å². The highest BCUT2D eigenvalue weighted by Gasteiger charge is 2.34. The van der Waals surface area contributed by atoms with E-state index in [2.05, 4.69) is 5.32 Å². The summed E-state index contributed by atoms with van der Waals surface area (Å²) in [5, 5.41) is 2.65. The van der Waals surface area contributed by atoms with E-state index in [9.17, 15) is 18.0 Å². The van der Waals surface area contributed by atoms with Crippen molar-refractivity contribution in [1.29, 1.82) is 0 Å². The normalized spacial score (nSPS) is 22.0. The highest BCUT2D eigenvalue weighted by atomic mass is 32.2. The Kier molecular flexibility index (Phi) is 6.31. The number of carbonyl (C=O) groups is 2. The molecule has 0 saturated carbocycles. The maximum atomic E-state index is 12.8. The predicted octanol–water partition coefficient (Wildman–Crippen LogP) is 3.12. The Morgan fingerprint density at radius 1 is 1.29 bits per heavy atom. The Morgan fingerprint density at radius 3 is 2.57 bits per heavy atom. The van der Waals surface area contributed by atoms with Gasteiger partial charge < -0.3 is 5.32 Å². The van der Waals surface area contributed by atoms with E-state index < -0.39 is 10.0 Å². The SMILES string of the molecule is CC(=O)Nc1cccc(C2=C(CC3CCN(S(C)(=O)=O)CC3)SC(C)C2=O)c1. The zero-order valence-electron chi connectivity index (χ0n) is 16.4. The van der Waals surface area contributed by atoms with Crippen molar-refractivity contribution >= 4 is 44.7 Å². The molecule has 1 aromatic carbocycles. The van der Waals surface area contributed by atoms with E-state index in [1.807, 2.05) is 31.2 Å². The zero-order chi connectivity index (χ0) is 20.5. The lowest BCUT2D eigenvalue weighted by Crippen LogP contribution is -2.37. The van der Waals surface area contributed by atoms with Gasteiger partial charge in [0.25, 0.3) is 0 Å². The fourth-order valence-electron chi connectivity index (χ4n) is 3.78. The van der Waals surface area contributed by atoms with Gasteiger partial charge >= 0.3 is 0 Å². The lowest BCUT2D eigenvalue weighted by Gasteiger charge is -2.30. The molecule has 1 unspecified atom stereocenters. The van der Waals surface area contributed by atoms with Crippen LogP contribution in [0.3, 0.4) is 0 Å². The Labute approximate surface area is 170 Å². The summed E-state index contributed by atoms with van der Waals surface area (Å²) in [7, 11) is -3.14. The molecule has 1 saturated heterocycles. The van der Waals surface area contributed by atoms with E-state index >= 15 is 0 Å². The summed E-state index contributed by atoms with van der Waals surface area (Å²) in [4.78, 5) is 25.2. The van der Waals surface area contributed by atoms with Crippen molar-refractivity contribution in [2.45, 2.75) is 38.4 Å². The monoisotopic (exact) mass is 422 g/mol. The molecule has 3 rings (SSSR count). The first-order valence-corrected chi connectivity index (χ1v) is 12.1. The van der Waals surface area contributed by atoms with Crippen LogP contribution < -0.4 is 5.32 Å². The molecule has 2 aliphatic rings. The van der Waals surface area contributed by atoms with Crippen LogP contribution in [0.5, 0.6) is 0 Å². The molecule has 1 N–H and O–H groups in total. The van der Waals surface area contributed by atoms with E-state index in [0.717, 1.165) is 35.3 Å². The number of benzene rings is 1. The molecule has 1 fully saturated rings. The van der Waals surface area contributed by atoms with Crippen LogP contribution in [0.1, 0.15) is 38.7 Å². The number of ketones is 1. The molecule has 1 aromatic rings. The minimum Gasteiger partial charge on any atom is -0.326 e. The molecule has 0 spiro atoms. The lowest BCUT2D eigenvalue weighted by atomic mass is 9.91. The number of rotatable bonds is 5. The number of hydrogen-bond acceptors (Lipinski definition) is 5. The van der Waals surface area contributed by atoms with E-state index in [1.165, 1.54) is 17.5 Å². The molecule has 2 aliphatic heterocycles. The van der Waals surface area contributed by atoms with Gasteiger partial charge in [-0.3, -0.25) is 9.59 Å². The molecule has 1 amide bonds. The van der Waals surface area contributed by atoms with Crippen molar-refractivity contribution in [3.05, 3.63) is 34.7 Å². The van der Waals surface area contributed by atoms with Gasteiger partial charge in [-0.2, -0.15) is 0 Å². The van der Waals surface area contributed by atoms with Gasteiger partial charge in [0.15, 0.2) is 5.78 Å². The van der Waals surface area contributed by atoms with Crippen molar-refractivity contribution in [3.8, 4) is 0 Å². The molecule has 0 aliphatic carbocycles. The average Bonchev–Trinajstić information content (AvgIpc) is 2.88. The quantitative estimate of drug-likeness (QED) is 0.788. The standard InChI is InChI=1S/C20H26N2O4S2/c1-13-20(24)19(16-5-4-6-17(12-16)21-14(2)23)18(27-13)11-15-7-9-22(10-8-15)28(3,25)26/h4-6,12-13,15H,7-11H2,1-3H3,(H,21,23). The van der Waals surface area contributed by atoms with Gasteiger partial charge in [-0.05, 0) is 54.7 Å². The van der Waals surface area contributed by atoms with Gasteiger partial charge in [0.1, 0.15) is 0 Å². The number of carbonyl (C=O) groups excluding carboxylic acids is 2. The van der Waals surface area contributed by atoms with Crippen molar-refractivity contribution in [3.63, 3.8) is 0 Å². The third-order valence-electron chi connectivity index (χ3n) is 5.20. The fourth-order valence-corrected chi connectivity index (χ4v) is 5.98. The first-order valence-electron chi connectivity index (χ1n) is 9.42. The highest BCUT2D eigenvalue weighted by molar-refractivity contribution is 8.05. The maximum Gasteiger partial charge on any atom is 0.221 e. The van der Waals surface area contributed by atoms with Crippen molar-refractivity contribution in [1.82, 2.24) is 4.31 Å². The van der Waals surface area contributed by atoms with Gasteiger partial charge in [0.05, 0.1) is 11.5 Å². The van der Waals surface area contributed by atoms with Crippen LogP contribution in [0.25, 0.3) is 5.57 Å². The molecular formula is C20H26N2O4S2. The predicted molar refractivity (Wildman–Crippen MR) is 113 cm³/mol. The van der Waals surface area contributed by atoms with Gasteiger partial charge in [0, 0.05) is 31.3 Å². The second-order valence-corrected chi connectivity index (χ2v) is 10.9. The number of Topliss-reactive ketones (excluding diaryl/α,β-unsaturated/α-hetero) is 1. The Hall–Kier alpha value is -1.64. The number of nitrogens with one attached hydrogen (secondary N) is 1. The van der Waals surface area contributed by atoms with Crippen LogP contribution in [0.15, 0.2) is 29.2 Å². The summed E-state index contributed by atoms with van der Waals surface area (Å²) in [6.45, 7) is 4.46. The summed E-state index contributed by atoms with van der Waals surface area (Å²) in [6, 6.07) is 7.40. The summed E-state index contributed by atoms with van der Waals surface area (Å²) in [5.41, 5.74) is 2.25. The van der Waals surface area contributed by atoms with E-state index in [1.54, 1.807) is 11.8 Å². The number of allylic oxidation sites excluding steroid dienone is 2. The van der Waals surface area contributed by atoms with Gasteiger partial charge in [-0.15, -0.1) is 11.8 Å². The van der Waals surface area contributed by atoms with Gasteiger partial charge in [-0.25, -0.2) is 12.7 Å². The first-order chi connectivity index (χ1) is 13.1. The number of piperidine rings is 1. The smallest absolute Gasteiger partial charge is 0.221 e. The number of thioether (sulfide) groups is 1. The van der Waals surface area contributed by atoms with Crippen LogP contribution in [0, 0.1) is 5.92 Å². The van der Waals surface area contributed by atoms with Crippen molar-refractivity contribution in [2.75, 3.05) is 24.7 Å². The molecule has 1 atom stereocenters. The van der Waals surface area contributed by atoms with E-state index in [0.29, 0.717) is 24.7 Å². The number of anilines is 1. The third-order valence-corrected chi connectivity index (χ3v) is 7.73. The van der Waals surface area contributed by atoms with Crippen LogP contribution in [0.2, 0.25) is 0 Å². The molecule has 0 bridgehead atoms. The molecule has 0 aromatic heterocycles. The number of amides is 1. The topological polar surface area (TPSA) is 83.6 Å². The molecule has 152 valence electrons. The molecule has 28 heavy (non-hydrogen) atoms. The second-order valence-electron chi connectivity index (χ2n) is 7.49. The fraction of sp³-hybridized carbons (Fsp3) is 0.500. The third kappa shape index (κ3) is 4.85. The average molecular weight is 423 g/mol. The van der Waals surface area contributed by atoms with Gasteiger partial charge in [0.2, 0.25) is 15.9 Å².